The topological polar surface area (TPSA) is 67.8 Å². The molecule has 0 aliphatic rings. The first-order valence-electron chi connectivity index (χ1n) is 9.08. The molecule has 9 heteroatoms. The summed E-state index contributed by atoms with van der Waals surface area (Å²) in [6, 6.07) is 17.3. The second kappa shape index (κ2) is 9.42. The smallest absolute Gasteiger partial charge is 0.214 e. The molecule has 6 nitrogen and oxygen atoms in total. The Bertz CT molecular complexity index is 1210. The number of hydrogen-bond acceptors (Lipinski definition) is 5. The molecule has 4 rings (SSSR count). The van der Waals surface area contributed by atoms with Crippen LogP contribution in [0.25, 0.3) is 11.4 Å². The average molecular weight is 503 g/mol. The molecule has 0 saturated carbocycles. The molecule has 0 saturated heterocycles. The van der Waals surface area contributed by atoms with Gasteiger partial charge in [-0.2, -0.15) is 5.10 Å². The first-order chi connectivity index (χ1) is 14.6. The highest BCUT2D eigenvalue weighted by molar-refractivity contribution is 9.10. The van der Waals surface area contributed by atoms with Crippen molar-refractivity contribution in [1.29, 1.82) is 0 Å². The van der Waals surface area contributed by atoms with Crippen LogP contribution in [0.15, 0.2) is 71.5 Å². The minimum Gasteiger partial charge on any atom is -0.488 e. The molecule has 4 aromatic rings. The molecular formula is C21H17BrClN5OS. The van der Waals surface area contributed by atoms with Crippen molar-refractivity contribution >= 4 is 39.7 Å². The SMILES string of the molecule is S=c1[nH]nc(-c2ccncc2)n1NCc1cc(Br)ccc1OCc1ccccc1Cl. The molecule has 0 amide bonds. The number of aromatic nitrogens is 4. The van der Waals surface area contributed by atoms with Gasteiger partial charge in [-0.15, -0.1) is 0 Å². The van der Waals surface area contributed by atoms with Gasteiger partial charge >= 0.3 is 0 Å². The molecule has 0 unspecified atom stereocenters. The molecule has 2 heterocycles. The summed E-state index contributed by atoms with van der Waals surface area (Å²) in [6.45, 7) is 0.852. The quantitative estimate of drug-likeness (QED) is 0.315. The monoisotopic (exact) mass is 501 g/mol. The number of rotatable bonds is 7. The van der Waals surface area contributed by atoms with Crippen LogP contribution >= 0.6 is 39.7 Å². The van der Waals surface area contributed by atoms with Crippen molar-refractivity contribution in [2.24, 2.45) is 0 Å². The zero-order valence-corrected chi connectivity index (χ0v) is 18.8. The summed E-state index contributed by atoms with van der Waals surface area (Å²) in [5.74, 6) is 1.43. The van der Waals surface area contributed by atoms with Gasteiger partial charge in [-0.1, -0.05) is 45.7 Å². The van der Waals surface area contributed by atoms with Crippen LogP contribution in [0.2, 0.25) is 5.02 Å². The molecule has 0 aliphatic carbocycles. The van der Waals surface area contributed by atoms with E-state index < -0.39 is 0 Å². The van der Waals surface area contributed by atoms with E-state index in [1.54, 1.807) is 17.1 Å². The number of nitrogens with one attached hydrogen (secondary N) is 2. The van der Waals surface area contributed by atoms with E-state index >= 15 is 0 Å². The number of pyridine rings is 1. The fourth-order valence-corrected chi connectivity index (χ4v) is 3.70. The van der Waals surface area contributed by atoms with Crippen molar-refractivity contribution in [2.45, 2.75) is 13.2 Å². The average Bonchev–Trinajstić information content (AvgIpc) is 3.13. The maximum Gasteiger partial charge on any atom is 0.214 e. The number of ether oxygens (including phenoxy) is 1. The predicted octanol–water partition coefficient (Wildman–Crippen LogP) is 5.74. The van der Waals surface area contributed by atoms with E-state index in [1.165, 1.54) is 0 Å². The summed E-state index contributed by atoms with van der Waals surface area (Å²) >= 11 is 15.2. The number of nitrogens with zero attached hydrogens (tertiary/aromatic N) is 3. The lowest BCUT2D eigenvalue weighted by Crippen LogP contribution is -2.16. The number of hydrogen-bond donors (Lipinski definition) is 2. The summed E-state index contributed by atoms with van der Waals surface area (Å²) in [5.41, 5.74) is 6.11. The molecule has 0 bridgehead atoms. The van der Waals surface area contributed by atoms with Crippen LogP contribution in [-0.2, 0) is 13.2 Å². The highest BCUT2D eigenvalue weighted by Crippen LogP contribution is 2.26. The van der Waals surface area contributed by atoms with Gasteiger partial charge in [-0.25, -0.2) is 9.77 Å². The Hall–Kier alpha value is -2.68. The number of aromatic amines is 1. The van der Waals surface area contributed by atoms with Gasteiger partial charge in [0.15, 0.2) is 5.82 Å². The van der Waals surface area contributed by atoms with E-state index in [1.807, 2.05) is 54.6 Å². The Balaban J connectivity index is 1.55. The third-order valence-electron chi connectivity index (χ3n) is 4.40. The molecule has 152 valence electrons. The van der Waals surface area contributed by atoms with Crippen molar-refractivity contribution in [3.8, 4) is 17.1 Å². The van der Waals surface area contributed by atoms with Gasteiger partial charge in [0.05, 0.1) is 6.54 Å². The summed E-state index contributed by atoms with van der Waals surface area (Å²) in [6.07, 6.45) is 3.43. The minimum atomic E-state index is 0.377. The molecule has 0 aliphatic heterocycles. The lowest BCUT2D eigenvalue weighted by atomic mass is 10.2. The van der Waals surface area contributed by atoms with E-state index in [-0.39, 0.29) is 0 Å². The largest absolute Gasteiger partial charge is 0.488 e. The highest BCUT2D eigenvalue weighted by atomic mass is 79.9. The highest BCUT2D eigenvalue weighted by Gasteiger charge is 2.11. The van der Waals surface area contributed by atoms with Gasteiger partial charge in [0.1, 0.15) is 12.4 Å². The zero-order chi connectivity index (χ0) is 20.9. The van der Waals surface area contributed by atoms with Gasteiger partial charge in [-0.05, 0) is 48.6 Å². The van der Waals surface area contributed by atoms with E-state index in [9.17, 15) is 0 Å². The zero-order valence-electron chi connectivity index (χ0n) is 15.7. The van der Waals surface area contributed by atoms with Crippen molar-refractivity contribution in [2.75, 3.05) is 5.43 Å². The van der Waals surface area contributed by atoms with Crippen LogP contribution in [0.5, 0.6) is 5.75 Å². The van der Waals surface area contributed by atoms with Gasteiger partial charge < -0.3 is 10.2 Å². The third-order valence-corrected chi connectivity index (χ3v) is 5.54. The summed E-state index contributed by atoms with van der Waals surface area (Å²) in [5, 5.41) is 7.83. The second-order valence-electron chi connectivity index (χ2n) is 6.39. The third kappa shape index (κ3) is 4.72. The molecule has 2 aromatic heterocycles. The number of halogens is 2. The normalized spacial score (nSPS) is 10.7. The second-order valence-corrected chi connectivity index (χ2v) is 8.10. The minimum absolute atomic E-state index is 0.377. The van der Waals surface area contributed by atoms with Gasteiger partial charge in [0.2, 0.25) is 4.77 Å². The Kier molecular flexibility index (Phi) is 6.47. The molecule has 0 radical (unpaired) electrons. The van der Waals surface area contributed by atoms with Crippen molar-refractivity contribution in [1.82, 2.24) is 19.9 Å². The Morgan fingerprint density at radius 3 is 2.70 bits per heavy atom. The lowest BCUT2D eigenvalue weighted by Gasteiger charge is -2.15. The summed E-state index contributed by atoms with van der Waals surface area (Å²) < 4.78 is 9.22. The summed E-state index contributed by atoms with van der Waals surface area (Å²) in [7, 11) is 0. The van der Waals surface area contributed by atoms with E-state index in [0.29, 0.717) is 28.8 Å². The molecular weight excluding hydrogens is 486 g/mol. The molecule has 0 spiro atoms. The van der Waals surface area contributed by atoms with Crippen LogP contribution < -0.4 is 10.2 Å². The number of benzene rings is 2. The Morgan fingerprint density at radius 2 is 1.90 bits per heavy atom. The molecule has 0 fully saturated rings. The van der Waals surface area contributed by atoms with Crippen molar-refractivity contribution < 1.29 is 4.74 Å². The van der Waals surface area contributed by atoms with Crippen LogP contribution in [0.3, 0.4) is 0 Å². The van der Waals surface area contributed by atoms with E-state index in [2.05, 4.69) is 36.5 Å². The van der Waals surface area contributed by atoms with Gasteiger partial charge in [-0.3, -0.25) is 4.98 Å². The molecule has 0 atom stereocenters. The van der Waals surface area contributed by atoms with Crippen LogP contribution in [0.1, 0.15) is 11.1 Å². The summed E-state index contributed by atoms with van der Waals surface area (Å²) in [4.78, 5) is 4.05. The van der Waals surface area contributed by atoms with E-state index in [4.69, 9.17) is 28.6 Å². The number of H-pyrrole nitrogens is 1. The standard InChI is InChI=1S/C21H17BrClN5OS/c22-17-5-6-19(29-13-15-3-1-2-4-18(15)23)16(11-17)12-25-28-20(26-27-21(28)30)14-7-9-24-10-8-14/h1-11,25H,12-13H2,(H,27,30). The van der Waals surface area contributed by atoms with Crippen LogP contribution in [-0.4, -0.2) is 19.9 Å². The van der Waals surface area contributed by atoms with Crippen LogP contribution in [0.4, 0.5) is 0 Å². The lowest BCUT2D eigenvalue weighted by molar-refractivity contribution is 0.303. The maximum absolute atomic E-state index is 6.25. The van der Waals surface area contributed by atoms with Crippen molar-refractivity contribution in [3.63, 3.8) is 0 Å². The van der Waals surface area contributed by atoms with Crippen LogP contribution in [0, 0.1) is 4.77 Å². The Morgan fingerprint density at radius 1 is 1.10 bits per heavy atom. The first kappa shape index (κ1) is 20.6. The fraction of sp³-hybridized carbons (Fsp3) is 0.0952. The molecule has 2 N–H and O–H groups in total. The molecule has 2 aromatic carbocycles. The fourth-order valence-electron chi connectivity index (χ4n) is 2.90. The van der Waals surface area contributed by atoms with E-state index in [0.717, 1.165) is 26.9 Å². The first-order valence-corrected chi connectivity index (χ1v) is 10.7. The maximum atomic E-state index is 6.25. The predicted molar refractivity (Wildman–Crippen MR) is 124 cm³/mol. The Labute approximate surface area is 192 Å². The van der Waals surface area contributed by atoms with Gasteiger partial charge in [0.25, 0.3) is 0 Å². The van der Waals surface area contributed by atoms with Gasteiger partial charge in [0, 0.05) is 38.6 Å². The van der Waals surface area contributed by atoms with Crippen molar-refractivity contribution in [3.05, 3.63) is 92.4 Å². The molecule has 30 heavy (non-hydrogen) atoms.